The summed E-state index contributed by atoms with van der Waals surface area (Å²) in [7, 11) is 1.81. The van der Waals surface area contributed by atoms with Crippen LogP contribution in [-0.4, -0.2) is 37.3 Å². The fourth-order valence-corrected chi connectivity index (χ4v) is 4.97. The van der Waals surface area contributed by atoms with Crippen molar-refractivity contribution in [1.29, 1.82) is 0 Å². The van der Waals surface area contributed by atoms with E-state index in [9.17, 15) is 9.59 Å². The van der Waals surface area contributed by atoms with E-state index in [2.05, 4.69) is 41.7 Å². The smallest absolute Gasteiger partial charge is 0.251 e. The zero-order chi connectivity index (χ0) is 24.9. The Morgan fingerprint density at radius 2 is 1.83 bits per heavy atom. The number of nitrogens with zero attached hydrogens (tertiary/aromatic N) is 4. The van der Waals surface area contributed by atoms with Gasteiger partial charge in [-0.25, -0.2) is 4.98 Å². The Labute approximate surface area is 219 Å². The van der Waals surface area contributed by atoms with E-state index >= 15 is 0 Å². The molecule has 0 radical (unpaired) electrons. The highest BCUT2D eigenvalue weighted by molar-refractivity contribution is 9.10. The van der Waals surface area contributed by atoms with E-state index in [1.807, 2.05) is 62.7 Å². The molecule has 0 aliphatic heterocycles. The van der Waals surface area contributed by atoms with Gasteiger partial charge in [0, 0.05) is 28.0 Å². The van der Waals surface area contributed by atoms with Crippen LogP contribution in [0.3, 0.4) is 0 Å². The van der Waals surface area contributed by atoms with Crippen LogP contribution in [0.5, 0.6) is 0 Å². The Morgan fingerprint density at radius 1 is 1.11 bits per heavy atom. The van der Waals surface area contributed by atoms with Gasteiger partial charge in [0.25, 0.3) is 5.91 Å². The second-order valence-electron chi connectivity index (χ2n) is 7.84. The molecule has 0 saturated carbocycles. The highest BCUT2D eigenvalue weighted by Crippen LogP contribution is 2.26. The lowest BCUT2D eigenvalue weighted by Crippen LogP contribution is -2.28. The van der Waals surface area contributed by atoms with Gasteiger partial charge in [-0.15, -0.1) is 21.5 Å². The van der Waals surface area contributed by atoms with E-state index in [1.165, 1.54) is 23.1 Å². The molecule has 35 heavy (non-hydrogen) atoms. The summed E-state index contributed by atoms with van der Waals surface area (Å²) in [6.07, 6.45) is 0. The first kappa shape index (κ1) is 25.1. The van der Waals surface area contributed by atoms with Crippen LogP contribution in [0.15, 0.2) is 63.5 Å². The van der Waals surface area contributed by atoms with Gasteiger partial charge < -0.3 is 15.2 Å². The Bertz CT molecular complexity index is 1340. The number of halogens is 1. The molecule has 0 bridgehead atoms. The number of benzene rings is 2. The van der Waals surface area contributed by atoms with Crippen LogP contribution in [0.25, 0.3) is 11.3 Å². The molecule has 0 saturated heterocycles. The van der Waals surface area contributed by atoms with E-state index in [0.717, 1.165) is 21.3 Å². The predicted molar refractivity (Wildman–Crippen MR) is 143 cm³/mol. The van der Waals surface area contributed by atoms with Gasteiger partial charge in [0.2, 0.25) is 5.91 Å². The van der Waals surface area contributed by atoms with Crippen molar-refractivity contribution in [2.45, 2.75) is 25.0 Å². The Hall–Kier alpha value is -3.02. The molecule has 0 aliphatic carbocycles. The molecular weight excluding hydrogens is 548 g/mol. The molecule has 2 N–H and O–H groups in total. The molecule has 11 heteroatoms. The van der Waals surface area contributed by atoms with Crippen LogP contribution in [0, 0.1) is 6.92 Å². The summed E-state index contributed by atoms with van der Waals surface area (Å²) in [5, 5.41) is 17.2. The fourth-order valence-electron chi connectivity index (χ4n) is 3.25. The average Bonchev–Trinajstić information content (AvgIpc) is 3.45. The summed E-state index contributed by atoms with van der Waals surface area (Å²) in [5.74, 6) is 0.396. The molecule has 180 valence electrons. The van der Waals surface area contributed by atoms with Gasteiger partial charge in [-0.1, -0.05) is 57.5 Å². The summed E-state index contributed by atoms with van der Waals surface area (Å²) < 4.78 is 2.78. The summed E-state index contributed by atoms with van der Waals surface area (Å²) in [6, 6.07) is 14.9. The van der Waals surface area contributed by atoms with Crippen LogP contribution >= 0.6 is 39.0 Å². The van der Waals surface area contributed by atoms with Crippen molar-refractivity contribution < 1.29 is 9.59 Å². The average molecular weight is 572 g/mol. The molecule has 4 aromatic rings. The number of rotatable bonds is 8. The zero-order valence-corrected chi connectivity index (χ0v) is 22.5. The monoisotopic (exact) mass is 570 g/mol. The maximum atomic E-state index is 12.5. The van der Waals surface area contributed by atoms with Gasteiger partial charge in [-0.3, -0.25) is 9.59 Å². The van der Waals surface area contributed by atoms with Gasteiger partial charge in [-0.2, -0.15) is 0 Å². The van der Waals surface area contributed by atoms with Crippen LogP contribution in [-0.2, 0) is 11.8 Å². The van der Waals surface area contributed by atoms with Gasteiger partial charge in [0.1, 0.15) is 0 Å². The van der Waals surface area contributed by atoms with Crippen molar-refractivity contribution in [1.82, 2.24) is 25.1 Å². The Kier molecular flexibility index (Phi) is 7.99. The van der Waals surface area contributed by atoms with Gasteiger partial charge in [0.15, 0.2) is 16.1 Å². The lowest BCUT2D eigenvalue weighted by atomic mass is 10.1. The third-order valence-electron chi connectivity index (χ3n) is 5.14. The van der Waals surface area contributed by atoms with Crippen molar-refractivity contribution >= 4 is 56.0 Å². The normalized spacial score (nSPS) is 11.8. The molecular formula is C24H23BrN6O2S2. The first-order chi connectivity index (χ1) is 16.8. The minimum Gasteiger partial charge on any atom is -0.342 e. The number of amides is 2. The summed E-state index contributed by atoms with van der Waals surface area (Å²) in [5.41, 5.74) is 3.47. The number of hydrogen-bond donors (Lipinski definition) is 2. The second kappa shape index (κ2) is 11.1. The molecule has 2 amide bonds. The first-order valence-corrected chi connectivity index (χ1v) is 13.4. The lowest BCUT2D eigenvalue weighted by Gasteiger charge is -2.13. The number of carbonyl (C=O) groups is 2. The van der Waals surface area contributed by atoms with Crippen LogP contribution in [0.4, 0.5) is 5.13 Å². The van der Waals surface area contributed by atoms with Crippen LogP contribution in [0.2, 0.25) is 0 Å². The Balaban J connectivity index is 1.31. The highest BCUT2D eigenvalue weighted by atomic mass is 79.9. The summed E-state index contributed by atoms with van der Waals surface area (Å²) in [6.45, 7) is 3.82. The quantitative estimate of drug-likeness (QED) is 0.281. The van der Waals surface area contributed by atoms with Gasteiger partial charge in [-0.05, 0) is 38.1 Å². The molecule has 4 rings (SSSR count). The minimum atomic E-state index is -0.350. The molecule has 2 aromatic heterocycles. The van der Waals surface area contributed by atoms with Crippen molar-refractivity contribution in [2.24, 2.45) is 7.05 Å². The highest BCUT2D eigenvalue weighted by Gasteiger charge is 2.19. The fraction of sp³-hybridized carbons (Fsp3) is 0.208. The molecule has 0 unspecified atom stereocenters. The number of aryl methyl sites for hydroxylation is 1. The molecule has 1 atom stereocenters. The van der Waals surface area contributed by atoms with Crippen molar-refractivity contribution in [2.75, 3.05) is 11.1 Å². The standard InChI is InChI=1S/C24H23BrN6O2S2/c1-14-4-6-17(7-5-14)22(33)26-15(2)21-29-30-24(31(21)3)35-13-20(32)28-23-27-19(12-34-23)16-8-10-18(25)11-9-16/h4-12,15H,13H2,1-3H3,(H,26,33)(H,27,28,32)/t15-/m0/s1. The molecule has 2 aromatic carbocycles. The zero-order valence-electron chi connectivity index (χ0n) is 19.3. The number of aromatic nitrogens is 4. The number of nitrogens with one attached hydrogen (secondary N) is 2. The third-order valence-corrected chi connectivity index (χ3v) is 7.45. The molecule has 0 aliphatic rings. The summed E-state index contributed by atoms with van der Waals surface area (Å²) in [4.78, 5) is 29.5. The number of thiazole rings is 1. The maximum absolute atomic E-state index is 12.5. The van der Waals surface area contributed by atoms with Crippen molar-refractivity contribution in [3.63, 3.8) is 0 Å². The van der Waals surface area contributed by atoms with Crippen molar-refractivity contribution in [3.05, 3.63) is 75.3 Å². The van der Waals surface area contributed by atoms with E-state index < -0.39 is 0 Å². The van der Waals surface area contributed by atoms with Gasteiger partial charge >= 0.3 is 0 Å². The number of thioether (sulfide) groups is 1. The number of carbonyl (C=O) groups excluding carboxylic acids is 2. The largest absolute Gasteiger partial charge is 0.342 e. The SMILES string of the molecule is Cc1ccc(C(=O)N[C@@H](C)c2nnc(SCC(=O)Nc3nc(-c4ccc(Br)cc4)cs3)n2C)cc1. The first-order valence-electron chi connectivity index (χ1n) is 10.7. The second-order valence-corrected chi connectivity index (χ2v) is 10.6. The molecule has 2 heterocycles. The topological polar surface area (TPSA) is 102 Å². The third kappa shape index (κ3) is 6.36. The molecule has 8 nitrogen and oxygen atoms in total. The molecule has 0 spiro atoms. The van der Waals surface area contributed by atoms with E-state index in [4.69, 9.17) is 0 Å². The van der Waals surface area contributed by atoms with E-state index in [-0.39, 0.29) is 23.6 Å². The maximum Gasteiger partial charge on any atom is 0.251 e. The number of hydrogen-bond acceptors (Lipinski definition) is 7. The van der Waals surface area contributed by atoms with Crippen LogP contribution < -0.4 is 10.6 Å². The van der Waals surface area contributed by atoms with E-state index in [0.29, 0.717) is 21.7 Å². The predicted octanol–water partition coefficient (Wildman–Crippen LogP) is 5.23. The summed E-state index contributed by atoms with van der Waals surface area (Å²) >= 11 is 6.07. The number of anilines is 1. The van der Waals surface area contributed by atoms with E-state index in [1.54, 1.807) is 16.7 Å². The Morgan fingerprint density at radius 3 is 2.54 bits per heavy atom. The van der Waals surface area contributed by atoms with Crippen molar-refractivity contribution in [3.8, 4) is 11.3 Å². The minimum absolute atomic E-state index is 0.156. The molecule has 0 fully saturated rings. The van der Waals surface area contributed by atoms with Gasteiger partial charge in [0.05, 0.1) is 17.5 Å². The lowest BCUT2D eigenvalue weighted by molar-refractivity contribution is -0.113. The van der Waals surface area contributed by atoms with Crippen LogP contribution in [0.1, 0.15) is 34.7 Å².